The summed E-state index contributed by atoms with van der Waals surface area (Å²) in [5.74, 6) is 1.44. The second kappa shape index (κ2) is 6.60. The fourth-order valence-corrected chi connectivity index (χ4v) is 3.60. The highest BCUT2D eigenvalue weighted by molar-refractivity contribution is 7.22. The summed E-state index contributed by atoms with van der Waals surface area (Å²) in [6.45, 7) is 3.18. The van der Waals surface area contributed by atoms with E-state index in [-0.39, 0.29) is 12.8 Å². The summed E-state index contributed by atoms with van der Waals surface area (Å²) < 4.78 is 12.0. The molecule has 0 radical (unpaired) electrons. The molecule has 2 heterocycles. The third-order valence-electron chi connectivity index (χ3n) is 4.02. The number of nitrogens with zero attached hydrogens (tertiary/aromatic N) is 2. The van der Waals surface area contributed by atoms with Crippen molar-refractivity contribution in [3.63, 3.8) is 0 Å². The lowest BCUT2D eigenvalue weighted by Gasteiger charge is -2.21. The van der Waals surface area contributed by atoms with Gasteiger partial charge in [0.05, 0.1) is 16.8 Å². The minimum atomic E-state index is -0.182. The van der Waals surface area contributed by atoms with E-state index in [2.05, 4.69) is 10.3 Å². The van der Waals surface area contributed by atoms with Gasteiger partial charge in [-0.2, -0.15) is 0 Å². The largest absolute Gasteiger partial charge is 0.454 e. The molecule has 0 saturated heterocycles. The van der Waals surface area contributed by atoms with Crippen LogP contribution in [0.15, 0.2) is 42.5 Å². The molecule has 3 aromatic rings. The predicted octanol–water partition coefficient (Wildman–Crippen LogP) is 4.08. The molecule has 0 aliphatic carbocycles. The Labute approximate surface area is 149 Å². The molecule has 25 heavy (non-hydrogen) atoms. The number of hydrogen-bond acceptors (Lipinski definition) is 5. The van der Waals surface area contributed by atoms with E-state index in [0.717, 1.165) is 21.5 Å². The maximum Gasteiger partial charge on any atom is 0.323 e. The van der Waals surface area contributed by atoms with Gasteiger partial charge >= 0.3 is 6.03 Å². The molecule has 1 aromatic heterocycles. The number of anilines is 1. The Morgan fingerprint density at radius 1 is 1.24 bits per heavy atom. The molecular formula is C18H17N3O3S. The van der Waals surface area contributed by atoms with Crippen molar-refractivity contribution in [1.29, 1.82) is 0 Å². The Bertz CT molecular complexity index is 892. The molecule has 0 atom stereocenters. The summed E-state index contributed by atoms with van der Waals surface area (Å²) in [4.78, 5) is 18.8. The van der Waals surface area contributed by atoms with Crippen LogP contribution in [0.25, 0.3) is 10.2 Å². The number of ether oxygens (including phenoxy) is 2. The summed E-state index contributed by atoms with van der Waals surface area (Å²) in [6, 6.07) is 13.4. The van der Waals surface area contributed by atoms with Gasteiger partial charge in [-0.05, 0) is 25.1 Å². The second-order valence-electron chi connectivity index (χ2n) is 5.58. The number of thiazole rings is 1. The van der Waals surface area contributed by atoms with Crippen molar-refractivity contribution in [1.82, 2.24) is 9.88 Å². The number of nitrogens with one attached hydrogen (secondary N) is 1. The van der Waals surface area contributed by atoms with E-state index >= 15 is 0 Å². The number of hydrogen-bond donors (Lipinski definition) is 1. The van der Waals surface area contributed by atoms with Gasteiger partial charge in [0.15, 0.2) is 16.6 Å². The summed E-state index contributed by atoms with van der Waals surface area (Å²) in [5.41, 5.74) is 1.81. The van der Waals surface area contributed by atoms with E-state index in [1.165, 1.54) is 11.3 Å². The van der Waals surface area contributed by atoms with E-state index < -0.39 is 0 Å². The molecule has 4 rings (SSSR count). The molecule has 128 valence electrons. The number of benzene rings is 2. The number of carbonyl (C=O) groups excluding carboxylic acids is 1. The lowest BCUT2D eigenvalue weighted by Crippen LogP contribution is -2.34. The Hall–Kier alpha value is -2.80. The first kappa shape index (κ1) is 15.7. The minimum Gasteiger partial charge on any atom is -0.454 e. The van der Waals surface area contributed by atoms with Crippen molar-refractivity contribution in [3.8, 4) is 11.5 Å². The van der Waals surface area contributed by atoms with Crippen molar-refractivity contribution >= 4 is 32.7 Å². The average molecular weight is 355 g/mol. The predicted molar refractivity (Wildman–Crippen MR) is 97.3 cm³/mol. The molecular weight excluding hydrogens is 338 g/mol. The third-order valence-corrected chi connectivity index (χ3v) is 4.97. The molecule has 1 N–H and O–H groups in total. The van der Waals surface area contributed by atoms with Gasteiger partial charge in [0.2, 0.25) is 6.79 Å². The molecule has 0 unspecified atom stereocenters. The fourth-order valence-electron chi connectivity index (χ4n) is 2.74. The molecule has 2 aromatic carbocycles. The van der Waals surface area contributed by atoms with Gasteiger partial charge < -0.3 is 14.4 Å². The zero-order valence-corrected chi connectivity index (χ0v) is 14.5. The van der Waals surface area contributed by atoms with Gasteiger partial charge in [-0.1, -0.05) is 35.6 Å². The number of aromatic nitrogens is 1. The quantitative estimate of drug-likeness (QED) is 0.766. The number of rotatable bonds is 4. The zero-order chi connectivity index (χ0) is 17.2. The van der Waals surface area contributed by atoms with Gasteiger partial charge in [0, 0.05) is 12.1 Å². The van der Waals surface area contributed by atoms with Crippen LogP contribution >= 0.6 is 11.3 Å². The number of amides is 2. The standard InChI is InChI=1S/C18H17N3O3S/c1-2-21(10-12-6-5-8-14-16(12)24-11-23-14)18(22)20-17-19-13-7-3-4-9-15(13)25-17/h3-9H,2,10-11H2,1H3,(H,19,20,22). The highest BCUT2D eigenvalue weighted by atomic mass is 32.1. The smallest absolute Gasteiger partial charge is 0.323 e. The molecule has 0 saturated carbocycles. The summed E-state index contributed by atoms with van der Waals surface area (Å²) in [6.07, 6.45) is 0. The van der Waals surface area contributed by atoms with Crippen LogP contribution in [0.5, 0.6) is 11.5 Å². The van der Waals surface area contributed by atoms with Gasteiger partial charge in [-0.3, -0.25) is 5.32 Å². The number of para-hydroxylation sites is 2. The highest BCUT2D eigenvalue weighted by Gasteiger charge is 2.21. The van der Waals surface area contributed by atoms with Crippen molar-refractivity contribution in [2.45, 2.75) is 13.5 Å². The maximum atomic E-state index is 12.6. The lowest BCUT2D eigenvalue weighted by molar-refractivity contribution is 0.172. The number of carbonyl (C=O) groups is 1. The van der Waals surface area contributed by atoms with Crippen LogP contribution in [0.1, 0.15) is 12.5 Å². The molecule has 1 aliphatic heterocycles. The normalized spacial score (nSPS) is 12.4. The monoisotopic (exact) mass is 355 g/mol. The van der Waals surface area contributed by atoms with E-state index in [4.69, 9.17) is 9.47 Å². The first-order valence-corrected chi connectivity index (χ1v) is 8.85. The van der Waals surface area contributed by atoms with Crippen molar-refractivity contribution in [2.24, 2.45) is 0 Å². The minimum absolute atomic E-state index is 0.182. The Balaban J connectivity index is 1.50. The number of urea groups is 1. The van der Waals surface area contributed by atoms with Crippen molar-refractivity contribution in [2.75, 3.05) is 18.7 Å². The Morgan fingerprint density at radius 3 is 2.96 bits per heavy atom. The SMILES string of the molecule is CCN(Cc1cccc2c1OCO2)C(=O)Nc1nc2ccccc2s1. The van der Waals surface area contributed by atoms with Crippen LogP contribution in [-0.2, 0) is 6.54 Å². The van der Waals surface area contributed by atoms with E-state index in [0.29, 0.717) is 24.0 Å². The summed E-state index contributed by atoms with van der Waals surface area (Å²) in [5, 5.41) is 3.49. The van der Waals surface area contributed by atoms with Crippen LogP contribution in [0, 0.1) is 0 Å². The highest BCUT2D eigenvalue weighted by Crippen LogP contribution is 2.36. The van der Waals surface area contributed by atoms with E-state index in [1.54, 1.807) is 4.90 Å². The molecule has 1 aliphatic rings. The fraction of sp³-hybridized carbons (Fsp3) is 0.222. The topological polar surface area (TPSA) is 63.7 Å². The van der Waals surface area contributed by atoms with Crippen LogP contribution in [0.4, 0.5) is 9.93 Å². The van der Waals surface area contributed by atoms with Crippen LogP contribution in [-0.4, -0.2) is 29.3 Å². The first-order valence-electron chi connectivity index (χ1n) is 8.03. The van der Waals surface area contributed by atoms with Gasteiger partial charge in [-0.25, -0.2) is 9.78 Å². The maximum absolute atomic E-state index is 12.6. The van der Waals surface area contributed by atoms with Gasteiger partial charge in [0.1, 0.15) is 0 Å². The second-order valence-corrected chi connectivity index (χ2v) is 6.61. The van der Waals surface area contributed by atoms with Crippen LogP contribution in [0.3, 0.4) is 0 Å². The Kier molecular flexibility index (Phi) is 4.15. The average Bonchev–Trinajstić information content (AvgIpc) is 3.25. The van der Waals surface area contributed by atoms with Crippen molar-refractivity contribution in [3.05, 3.63) is 48.0 Å². The van der Waals surface area contributed by atoms with Gasteiger partial charge in [0.25, 0.3) is 0 Å². The Morgan fingerprint density at radius 2 is 2.12 bits per heavy atom. The van der Waals surface area contributed by atoms with Crippen molar-refractivity contribution < 1.29 is 14.3 Å². The summed E-state index contributed by atoms with van der Waals surface area (Å²) in [7, 11) is 0. The van der Waals surface area contributed by atoms with E-state index in [9.17, 15) is 4.79 Å². The van der Waals surface area contributed by atoms with Gasteiger partial charge in [-0.15, -0.1) is 0 Å². The lowest BCUT2D eigenvalue weighted by atomic mass is 10.1. The molecule has 0 bridgehead atoms. The molecule has 0 spiro atoms. The molecule has 7 heteroatoms. The first-order chi connectivity index (χ1) is 12.2. The summed E-state index contributed by atoms with van der Waals surface area (Å²) >= 11 is 1.47. The van der Waals surface area contributed by atoms with Crippen LogP contribution in [0.2, 0.25) is 0 Å². The van der Waals surface area contributed by atoms with E-state index in [1.807, 2.05) is 49.4 Å². The molecule has 2 amide bonds. The molecule has 0 fully saturated rings. The third kappa shape index (κ3) is 3.10. The number of fused-ring (bicyclic) bond motifs is 2. The zero-order valence-electron chi connectivity index (χ0n) is 13.7. The molecule has 6 nitrogen and oxygen atoms in total. The van der Waals surface area contributed by atoms with Crippen LogP contribution < -0.4 is 14.8 Å².